The molecule has 5 nitrogen and oxygen atoms in total. The molecule has 0 bridgehead atoms. The molecule has 1 heterocycles. The van der Waals surface area contributed by atoms with Gasteiger partial charge in [0.15, 0.2) is 0 Å². The fraction of sp³-hybridized carbons (Fsp3) is 0.429. The molecule has 5 heteroatoms. The van der Waals surface area contributed by atoms with Gasteiger partial charge in [0.2, 0.25) is 5.91 Å². The normalized spacial score (nSPS) is 19.1. The van der Waals surface area contributed by atoms with E-state index in [0.29, 0.717) is 24.4 Å². The molecular weight excluding hydrogens is 244 g/mol. The van der Waals surface area contributed by atoms with E-state index >= 15 is 0 Å². The lowest BCUT2D eigenvalue weighted by Crippen LogP contribution is -2.44. The minimum absolute atomic E-state index is 0.0700. The van der Waals surface area contributed by atoms with Crippen LogP contribution in [0.1, 0.15) is 30.6 Å². The van der Waals surface area contributed by atoms with Gasteiger partial charge in [0.25, 0.3) is 5.91 Å². The van der Waals surface area contributed by atoms with Gasteiger partial charge in [-0.25, -0.2) is 0 Å². The summed E-state index contributed by atoms with van der Waals surface area (Å²) in [6, 6.07) is 6.95. The summed E-state index contributed by atoms with van der Waals surface area (Å²) in [6.07, 6.45) is 0.646. The van der Waals surface area contributed by atoms with E-state index in [1.807, 2.05) is 6.92 Å². The van der Waals surface area contributed by atoms with Gasteiger partial charge in [-0.15, -0.1) is 0 Å². The van der Waals surface area contributed by atoms with Gasteiger partial charge >= 0.3 is 0 Å². The predicted octanol–water partition coefficient (Wildman–Crippen LogP) is 1.85. The van der Waals surface area contributed by atoms with Crippen LogP contribution in [0.2, 0.25) is 0 Å². The molecule has 0 aromatic heterocycles. The maximum absolute atomic E-state index is 12.4. The van der Waals surface area contributed by atoms with Crippen LogP contribution in [0.3, 0.4) is 0 Å². The van der Waals surface area contributed by atoms with Gasteiger partial charge in [0.05, 0.1) is 6.61 Å². The molecule has 19 heavy (non-hydrogen) atoms. The third-order valence-corrected chi connectivity index (χ3v) is 3.03. The van der Waals surface area contributed by atoms with Crippen molar-refractivity contribution < 1.29 is 14.3 Å². The Balaban J connectivity index is 2.16. The summed E-state index contributed by atoms with van der Waals surface area (Å²) < 4.78 is 5.46. The van der Waals surface area contributed by atoms with Crippen molar-refractivity contribution in [3.8, 4) is 0 Å². The van der Waals surface area contributed by atoms with Crippen molar-refractivity contribution in [2.45, 2.75) is 26.5 Å². The number of carbonyl (C=O) groups excluding carboxylic acids is 2. The Labute approximate surface area is 112 Å². The van der Waals surface area contributed by atoms with E-state index in [2.05, 4.69) is 5.32 Å². The molecule has 2 rings (SSSR count). The first-order chi connectivity index (χ1) is 9.08. The van der Waals surface area contributed by atoms with Crippen LogP contribution in [0.4, 0.5) is 5.69 Å². The number of hydrogen-bond donors (Lipinski definition) is 1. The van der Waals surface area contributed by atoms with Gasteiger partial charge in [-0.05, 0) is 31.5 Å². The number of anilines is 1. The van der Waals surface area contributed by atoms with Crippen LogP contribution in [0.15, 0.2) is 24.3 Å². The van der Waals surface area contributed by atoms with E-state index in [1.165, 1.54) is 6.92 Å². The first kappa shape index (κ1) is 13.5. The van der Waals surface area contributed by atoms with Crippen molar-refractivity contribution in [1.29, 1.82) is 0 Å². The average molecular weight is 262 g/mol. The second-order valence-corrected chi connectivity index (χ2v) is 4.58. The van der Waals surface area contributed by atoms with E-state index < -0.39 is 0 Å². The molecule has 0 spiro atoms. The smallest absolute Gasteiger partial charge is 0.255 e. The summed E-state index contributed by atoms with van der Waals surface area (Å²) in [7, 11) is 0. The molecule has 1 aliphatic rings. The fourth-order valence-electron chi connectivity index (χ4n) is 2.13. The molecule has 1 unspecified atom stereocenters. The Bertz CT molecular complexity index is 487. The second kappa shape index (κ2) is 5.84. The van der Waals surface area contributed by atoms with E-state index in [4.69, 9.17) is 4.74 Å². The molecule has 0 aliphatic carbocycles. The molecule has 1 saturated heterocycles. The average Bonchev–Trinajstić information content (AvgIpc) is 2.38. The number of nitrogens with one attached hydrogen (secondary N) is 1. The SMILES string of the molecule is CC(=O)Nc1cccc(C(=O)N2CCCOC2C)c1. The highest BCUT2D eigenvalue weighted by molar-refractivity contribution is 5.96. The Morgan fingerprint density at radius 1 is 1.42 bits per heavy atom. The van der Waals surface area contributed by atoms with Gasteiger partial charge in [0, 0.05) is 24.7 Å². The number of hydrogen-bond acceptors (Lipinski definition) is 3. The van der Waals surface area contributed by atoms with Gasteiger partial charge in [-0.2, -0.15) is 0 Å². The molecule has 2 amide bonds. The van der Waals surface area contributed by atoms with Gasteiger partial charge < -0.3 is 15.0 Å². The summed E-state index contributed by atoms with van der Waals surface area (Å²) in [4.78, 5) is 25.1. The standard InChI is InChI=1S/C14H18N2O3/c1-10(17)15-13-6-3-5-12(9-13)14(18)16-7-4-8-19-11(16)2/h3,5-6,9,11H,4,7-8H2,1-2H3,(H,15,17). The summed E-state index contributed by atoms with van der Waals surface area (Å²) in [5.74, 6) is -0.223. The van der Waals surface area contributed by atoms with Crippen LogP contribution < -0.4 is 5.32 Å². The van der Waals surface area contributed by atoms with Crippen LogP contribution >= 0.6 is 0 Å². The fourth-order valence-corrected chi connectivity index (χ4v) is 2.13. The molecule has 1 N–H and O–H groups in total. The van der Waals surface area contributed by atoms with Gasteiger partial charge in [-0.3, -0.25) is 9.59 Å². The Kier molecular flexibility index (Phi) is 4.16. The van der Waals surface area contributed by atoms with Crippen molar-refractivity contribution in [3.05, 3.63) is 29.8 Å². The number of nitrogens with zero attached hydrogens (tertiary/aromatic N) is 1. The molecule has 102 valence electrons. The van der Waals surface area contributed by atoms with Crippen molar-refractivity contribution >= 4 is 17.5 Å². The number of ether oxygens (including phenoxy) is 1. The predicted molar refractivity (Wildman–Crippen MR) is 71.8 cm³/mol. The van der Waals surface area contributed by atoms with Crippen LogP contribution in [-0.2, 0) is 9.53 Å². The highest BCUT2D eigenvalue weighted by atomic mass is 16.5. The van der Waals surface area contributed by atoms with Crippen LogP contribution in [0.25, 0.3) is 0 Å². The summed E-state index contributed by atoms with van der Waals surface area (Å²) in [5, 5.41) is 2.67. The molecular formula is C14H18N2O3. The molecule has 1 aromatic carbocycles. The highest BCUT2D eigenvalue weighted by Crippen LogP contribution is 2.17. The van der Waals surface area contributed by atoms with E-state index in [-0.39, 0.29) is 18.0 Å². The minimum Gasteiger partial charge on any atom is -0.359 e. The molecule has 0 radical (unpaired) electrons. The summed E-state index contributed by atoms with van der Waals surface area (Å²) in [6.45, 7) is 4.70. The molecule has 1 fully saturated rings. The maximum atomic E-state index is 12.4. The zero-order chi connectivity index (χ0) is 13.8. The molecule has 1 atom stereocenters. The molecule has 1 aliphatic heterocycles. The maximum Gasteiger partial charge on any atom is 0.255 e. The number of carbonyl (C=O) groups is 2. The lowest BCUT2D eigenvalue weighted by atomic mass is 10.1. The largest absolute Gasteiger partial charge is 0.359 e. The Morgan fingerprint density at radius 3 is 2.89 bits per heavy atom. The lowest BCUT2D eigenvalue weighted by Gasteiger charge is -2.33. The van der Waals surface area contributed by atoms with Crippen molar-refractivity contribution in [1.82, 2.24) is 4.90 Å². The summed E-state index contributed by atoms with van der Waals surface area (Å²) >= 11 is 0. The first-order valence-corrected chi connectivity index (χ1v) is 6.38. The van der Waals surface area contributed by atoms with Crippen molar-refractivity contribution in [3.63, 3.8) is 0 Å². The number of benzene rings is 1. The van der Waals surface area contributed by atoms with Gasteiger partial charge in [-0.1, -0.05) is 6.07 Å². The lowest BCUT2D eigenvalue weighted by molar-refractivity contribution is -0.114. The number of rotatable bonds is 2. The Morgan fingerprint density at radius 2 is 2.21 bits per heavy atom. The van der Waals surface area contributed by atoms with Gasteiger partial charge in [0.1, 0.15) is 6.23 Å². The second-order valence-electron chi connectivity index (χ2n) is 4.58. The first-order valence-electron chi connectivity index (χ1n) is 6.38. The van der Waals surface area contributed by atoms with Crippen molar-refractivity contribution in [2.75, 3.05) is 18.5 Å². The minimum atomic E-state index is -0.203. The zero-order valence-corrected chi connectivity index (χ0v) is 11.2. The monoisotopic (exact) mass is 262 g/mol. The quantitative estimate of drug-likeness (QED) is 0.885. The van der Waals surface area contributed by atoms with Crippen LogP contribution in [0, 0.1) is 0 Å². The molecule has 0 saturated carbocycles. The third kappa shape index (κ3) is 3.32. The van der Waals surface area contributed by atoms with E-state index in [1.54, 1.807) is 29.2 Å². The Hall–Kier alpha value is -1.88. The molecule has 1 aromatic rings. The zero-order valence-electron chi connectivity index (χ0n) is 11.2. The van der Waals surface area contributed by atoms with Crippen LogP contribution in [0.5, 0.6) is 0 Å². The highest BCUT2D eigenvalue weighted by Gasteiger charge is 2.24. The topological polar surface area (TPSA) is 58.6 Å². The summed E-state index contributed by atoms with van der Waals surface area (Å²) in [5.41, 5.74) is 1.19. The third-order valence-electron chi connectivity index (χ3n) is 3.03. The number of amides is 2. The van der Waals surface area contributed by atoms with E-state index in [0.717, 1.165) is 6.42 Å². The van der Waals surface area contributed by atoms with Crippen LogP contribution in [-0.4, -0.2) is 36.1 Å². The van der Waals surface area contributed by atoms with E-state index in [9.17, 15) is 9.59 Å². The van der Waals surface area contributed by atoms with Crippen molar-refractivity contribution in [2.24, 2.45) is 0 Å².